The van der Waals surface area contributed by atoms with E-state index in [0.717, 1.165) is 22.2 Å². The largest absolute Gasteiger partial charge is 0.505 e. The number of phenols is 1. The third kappa shape index (κ3) is 5.20. The minimum Gasteiger partial charge on any atom is -0.505 e. The van der Waals surface area contributed by atoms with Crippen LogP contribution in [0.25, 0.3) is 21.7 Å². The highest BCUT2D eigenvalue weighted by atomic mass is 32.2. The second kappa shape index (κ2) is 10.6. The molecule has 5 aromatic rings. The van der Waals surface area contributed by atoms with Crippen LogP contribution in [0.4, 0.5) is 14.5 Å². The highest BCUT2D eigenvalue weighted by Gasteiger charge is 2.27. The molecule has 0 fully saturated rings. The molecule has 0 spiro atoms. The highest BCUT2D eigenvalue weighted by Crippen LogP contribution is 2.47. The number of pyridine rings is 1. The van der Waals surface area contributed by atoms with Crippen LogP contribution >= 0.6 is 0 Å². The molecule has 0 radical (unpaired) electrons. The summed E-state index contributed by atoms with van der Waals surface area (Å²) in [5, 5.41) is 23.1. The maximum Gasteiger partial charge on any atom is 0.253 e. The summed E-state index contributed by atoms with van der Waals surface area (Å²) in [4.78, 5) is 18.5. The quantitative estimate of drug-likeness (QED) is 0.284. The van der Waals surface area contributed by atoms with Gasteiger partial charge in [-0.05, 0) is 53.4 Å². The molecule has 0 unspecified atom stereocenters. The molecule has 0 saturated carbocycles. The van der Waals surface area contributed by atoms with Crippen LogP contribution in [0, 0.1) is 11.6 Å². The number of halogens is 2. The van der Waals surface area contributed by atoms with E-state index in [4.69, 9.17) is 0 Å². The zero-order valence-electron chi connectivity index (χ0n) is 23.3. The summed E-state index contributed by atoms with van der Waals surface area (Å²) >= 11 is 0. The lowest BCUT2D eigenvalue weighted by Gasteiger charge is -2.21. The zero-order valence-corrected chi connectivity index (χ0v) is 24.1. The van der Waals surface area contributed by atoms with Gasteiger partial charge in [-0.25, -0.2) is 17.2 Å². The van der Waals surface area contributed by atoms with E-state index in [0.29, 0.717) is 22.9 Å². The number of benzene rings is 3. The molecule has 2 heterocycles. The van der Waals surface area contributed by atoms with Crippen LogP contribution in [0.15, 0.2) is 60.9 Å². The topological polar surface area (TPSA) is 116 Å². The first-order valence-electron chi connectivity index (χ1n) is 12.8. The van der Waals surface area contributed by atoms with Crippen molar-refractivity contribution >= 4 is 43.3 Å². The summed E-state index contributed by atoms with van der Waals surface area (Å²) in [5.41, 5.74) is 2.20. The van der Waals surface area contributed by atoms with Crippen LogP contribution in [0.3, 0.4) is 0 Å². The number of carbonyl (C=O) groups is 1. The second-order valence-electron chi connectivity index (χ2n) is 10.3. The fourth-order valence-electron chi connectivity index (χ4n) is 4.97. The average Bonchev–Trinajstić information content (AvgIpc) is 3.25. The fraction of sp³-hybridized carbons (Fsp3) is 0.200. The molecule has 0 aliphatic rings. The summed E-state index contributed by atoms with van der Waals surface area (Å²) in [5.74, 6) is -2.17. The van der Waals surface area contributed by atoms with Crippen molar-refractivity contribution in [3.63, 3.8) is 0 Å². The van der Waals surface area contributed by atoms with Gasteiger partial charge in [0.25, 0.3) is 5.91 Å². The number of carbonyl (C=O) groups excluding carboxylic acids is 1. The number of phenolic OH excluding ortho intramolecular Hbond substituents is 1. The van der Waals surface area contributed by atoms with Gasteiger partial charge in [-0.1, -0.05) is 18.2 Å². The molecular formula is C30H28F2N4O5S. The summed E-state index contributed by atoms with van der Waals surface area (Å²) in [6.07, 6.45) is 4.39. The van der Waals surface area contributed by atoms with Crippen LogP contribution in [0.5, 0.6) is 11.6 Å². The molecular weight excluding hydrogens is 566 g/mol. The first kappa shape index (κ1) is 28.8. The van der Waals surface area contributed by atoms with Crippen molar-refractivity contribution in [1.82, 2.24) is 14.5 Å². The predicted molar refractivity (Wildman–Crippen MR) is 157 cm³/mol. The number of sulfonamides is 1. The summed E-state index contributed by atoms with van der Waals surface area (Å²) < 4.78 is 55.4. The molecule has 9 nitrogen and oxygen atoms in total. The van der Waals surface area contributed by atoms with Crippen molar-refractivity contribution < 1.29 is 32.2 Å². The Hall–Kier alpha value is -4.71. The molecule has 42 heavy (non-hydrogen) atoms. The molecule has 1 amide bonds. The lowest BCUT2D eigenvalue weighted by molar-refractivity contribution is 0.0825. The van der Waals surface area contributed by atoms with Gasteiger partial charge in [0.1, 0.15) is 17.2 Å². The van der Waals surface area contributed by atoms with E-state index >= 15 is 0 Å². The molecule has 0 bridgehead atoms. The van der Waals surface area contributed by atoms with Crippen LogP contribution in [-0.4, -0.2) is 66.4 Å². The Bertz CT molecular complexity index is 1970. The Morgan fingerprint density at radius 1 is 0.952 bits per heavy atom. The monoisotopic (exact) mass is 594 g/mol. The number of nitrogens with zero attached hydrogens (tertiary/aromatic N) is 4. The molecule has 0 atom stereocenters. The number of rotatable bonds is 7. The number of hydrogen-bond acceptors (Lipinski definition) is 6. The van der Waals surface area contributed by atoms with E-state index in [9.17, 15) is 32.2 Å². The summed E-state index contributed by atoms with van der Waals surface area (Å²) in [7, 11) is 0.602. The molecule has 12 heteroatoms. The van der Waals surface area contributed by atoms with Gasteiger partial charge in [-0.2, -0.15) is 0 Å². The molecule has 0 saturated heterocycles. The Kier molecular flexibility index (Phi) is 7.27. The van der Waals surface area contributed by atoms with Crippen molar-refractivity contribution in [2.24, 2.45) is 0 Å². The molecule has 5 rings (SSSR count). The van der Waals surface area contributed by atoms with Crippen molar-refractivity contribution in [3.8, 4) is 11.6 Å². The van der Waals surface area contributed by atoms with Crippen LogP contribution in [0.1, 0.15) is 27.0 Å². The highest BCUT2D eigenvalue weighted by molar-refractivity contribution is 7.92. The number of amides is 1. The Balaban J connectivity index is 1.73. The standard InChI is InChI=1S/C30H28F2N4O5S/c1-34(2)29(38)22-13-21(32)10-7-19(22)15-36-16-24-25(30(36)39)28(37)26-23(27(24)35(3)42(4,40)41)12-18(14-33-26)11-17-5-8-20(31)9-6-17/h5-10,12-14,16,37,39H,11,15H2,1-4H3. The van der Waals surface area contributed by atoms with Gasteiger partial charge in [0.2, 0.25) is 15.9 Å². The van der Waals surface area contributed by atoms with Gasteiger partial charge in [-0.15, -0.1) is 0 Å². The number of anilines is 1. The fourth-order valence-corrected chi connectivity index (χ4v) is 5.50. The minimum atomic E-state index is -3.82. The van der Waals surface area contributed by atoms with E-state index in [2.05, 4.69) is 4.98 Å². The number of aromatic nitrogens is 2. The van der Waals surface area contributed by atoms with Crippen molar-refractivity contribution in [3.05, 3.63) is 94.8 Å². The third-order valence-electron chi connectivity index (χ3n) is 7.15. The van der Waals surface area contributed by atoms with Gasteiger partial charge >= 0.3 is 0 Å². The molecule has 3 aromatic carbocycles. The van der Waals surface area contributed by atoms with Crippen LogP contribution in [-0.2, 0) is 23.0 Å². The van der Waals surface area contributed by atoms with Gasteiger partial charge in [0, 0.05) is 49.9 Å². The second-order valence-corrected chi connectivity index (χ2v) is 12.4. The van der Waals surface area contributed by atoms with Crippen molar-refractivity contribution in [2.75, 3.05) is 31.7 Å². The van der Waals surface area contributed by atoms with E-state index in [1.807, 2.05) is 0 Å². The van der Waals surface area contributed by atoms with Crippen LogP contribution in [0.2, 0.25) is 0 Å². The van der Waals surface area contributed by atoms with E-state index in [1.165, 1.54) is 67.3 Å². The minimum absolute atomic E-state index is 0.0330. The van der Waals surface area contributed by atoms with Gasteiger partial charge in [0.15, 0.2) is 5.75 Å². The molecule has 2 N–H and O–H groups in total. The van der Waals surface area contributed by atoms with E-state index < -0.39 is 27.6 Å². The van der Waals surface area contributed by atoms with Crippen molar-refractivity contribution in [1.29, 1.82) is 0 Å². The van der Waals surface area contributed by atoms with Crippen molar-refractivity contribution in [2.45, 2.75) is 13.0 Å². The predicted octanol–water partition coefficient (Wildman–Crippen LogP) is 4.62. The maximum atomic E-state index is 14.1. The Labute approximate surface area is 240 Å². The van der Waals surface area contributed by atoms with E-state index in [-0.39, 0.29) is 45.7 Å². The summed E-state index contributed by atoms with van der Waals surface area (Å²) in [6, 6.07) is 11.4. The van der Waals surface area contributed by atoms with Crippen LogP contribution < -0.4 is 4.31 Å². The average molecular weight is 595 g/mol. The number of aromatic hydroxyl groups is 2. The molecule has 2 aromatic heterocycles. The number of hydrogen-bond donors (Lipinski definition) is 2. The first-order valence-corrected chi connectivity index (χ1v) is 14.6. The normalized spacial score (nSPS) is 11.8. The SMILES string of the molecule is CN(C)C(=O)c1cc(F)ccc1Cn1cc2c(N(C)S(C)(=O)=O)c3cc(Cc4ccc(F)cc4)cnc3c(O)c2c1O. The van der Waals surface area contributed by atoms with Gasteiger partial charge in [-0.3, -0.25) is 14.1 Å². The third-order valence-corrected chi connectivity index (χ3v) is 8.33. The lowest BCUT2D eigenvalue weighted by atomic mass is 10.0. The van der Waals surface area contributed by atoms with E-state index in [1.54, 1.807) is 18.2 Å². The first-order chi connectivity index (χ1) is 19.8. The Morgan fingerprint density at radius 3 is 2.26 bits per heavy atom. The molecule has 218 valence electrons. The molecule has 0 aliphatic carbocycles. The maximum absolute atomic E-state index is 14.1. The Morgan fingerprint density at radius 2 is 1.62 bits per heavy atom. The van der Waals surface area contributed by atoms with Gasteiger partial charge in [0.05, 0.1) is 23.9 Å². The molecule has 0 aliphatic heterocycles. The number of fused-ring (bicyclic) bond motifs is 2. The lowest BCUT2D eigenvalue weighted by Crippen LogP contribution is -2.25. The smallest absolute Gasteiger partial charge is 0.253 e. The zero-order chi connectivity index (χ0) is 30.5. The summed E-state index contributed by atoms with van der Waals surface area (Å²) in [6.45, 7) is -0.0865. The van der Waals surface area contributed by atoms with Gasteiger partial charge < -0.3 is 19.7 Å².